The molecule has 1 aliphatic rings. The van der Waals surface area contributed by atoms with E-state index in [1.54, 1.807) is 0 Å². The summed E-state index contributed by atoms with van der Waals surface area (Å²) < 4.78 is 6.20. The van der Waals surface area contributed by atoms with Crippen molar-refractivity contribution in [2.75, 3.05) is 11.9 Å². The number of rotatable bonds is 4. The number of nitrogens with zero attached hydrogens (tertiary/aromatic N) is 3. The molecule has 10 rings (SSSR count). The Kier molecular flexibility index (Phi) is 6.18. The Bertz CT molecular complexity index is 2700. The Hall–Kier alpha value is -6.59. The molecule has 49 heavy (non-hydrogen) atoms. The Morgan fingerprint density at radius 1 is 0.469 bits per heavy atom. The molecule has 9 aromatic rings. The molecule has 0 bridgehead atoms. The fraction of sp³-hybridized carbons (Fsp3) is 0.0227. The van der Waals surface area contributed by atoms with Crippen LogP contribution >= 0.6 is 0 Å². The van der Waals surface area contributed by atoms with Crippen LogP contribution in [-0.4, -0.2) is 21.5 Å². The van der Waals surface area contributed by atoms with Gasteiger partial charge >= 0.3 is 0 Å². The zero-order valence-electron chi connectivity index (χ0n) is 26.4. The molecule has 230 valence electrons. The van der Waals surface area contributed by atoms with Crippen molar-refractivity contribution in [3.63, 3.8) is 0 Å². The first-order valence-corrected chi connectivity index (χ1v) is 16.5. The third-order valence-electron chi connectivity index (χ3n) is 9.51. The van der Waals surface area contributed by atoms with Crippen LogP contribution in [0, 0.1) is 0 Å². The van der Waals surface area contributed by atoms with E-state index in [4.69, 9.17) is 19.4 Å². The van der Waals surface area contributed by atoms with E-state index >= 15 is 0 Å². The standard InChI is InChI=1S/C44H28N4O/c1-3-10-29-24-32(18-16-27(29)8-1)41-46-42(33-19-17-28-9-2-4-11-30(28)25-33)48-43(47-41)34-20-21-35-31(26-34)12-7-14-36(35)37-22-23-45-44-40(37)38-13-5-6-15-39(38)49-44/h1-22,24-26,45H,23H2. The Morgan fingerprint density at radius 2 is 1.02 bits per heavy atom. The lowest BCUT2D eigenvalue weighted by Crippen LogP contribution is -2.07. The molecule has 0 atom stereocenters. The second kappa shape index (κ2) is 11.0. The van der Waals surface area contributed by atoms with Gasteiger partial charge in [0.25, 0.3) is 0 Å². The maximum atomic E-state index is 6.20. The van der Waals surface area contributed by atoms with E-state index in [0.29, 0.717) is 24.0 Å². The Labute approximate surface area is 282 Å². The highest BCUT2D eigenvalue weighted by atomic mass is 16.3. The smallest absolute Gasteiger partial charge is 0.202 e. The van der Waals surface area contributed by atoms with Gasteiger partial charge in [0, 0.05) is 28.6 Å². The largest absolute Gasteiger partial charge is 0.440 e. The number of hydrogen-bond donors (Lipinski definition) is 1. The van der Waals surface area contributed by atoms with Gasteiger partial charge < -0.3 is 9.73 Å². The third-order valence-corrected chi connectivity index (χ3v) is 9.51. The zero-order chi connectivity index (χ0) is 32.3. The molecule has 0 radical (unpaired) electrons. The molecule has 0 saturated carbocycles. The number of furan rings is 1. The quantitative estimate of drug-likeness (QED) is 0.210. The van der Waals surface area contributed by atoms with Crippen LogP contribution in [0.1, 0.15) is 11.1 Å². The molecule has 1 aliphatic heterocycles. The lowest BCUT2D eigenvalue weighted by molar-refractivity contribution is 0.627. The van der Waals surface area contributed by atoms with Crippen LogP contribution in [-0.2, 0) is 0 Å². The van der Waals surface area contributed by atoms with Gasteiger partial charge in [-0.15, -0.1) is 0 Å². The molecular formula is C44H28N4O. The van der Waals surface area contributed by atoms with Crippen LogP contribution in [0.4, 0.5) is 5.88 Å². The van der Waals surface area contributed by atoms with E-state index in [2.05, 4.69) is 145 Å². The number of benzene rings is 7. The summed E-state index contributed by atoms with van der Waals surface area (Å²) in [5.41, 5.74) is 7.18. The van der Waals surface area contributed by atoms with Gasteiger partial charge in [0.2, 0.25) is 5.88 Å². The highest BCUT2D eigenvalue weighted by Gasteiger charge is 2.23. The van der Waals surface area contributed by atoms with Crippen molar-refractivity contribution < 1.29 is 4.42 Å². The summed E-state index contributed by atoms with van der Waals surface area (Å²) in [7, 11) is 0. The zero-order valence-corrected chi connectivity index (χ0v) is 26.4. The van der Waals surface area contributed by atoms with Gasteiger partial charge in [-0.25, -0.2) is 15.0 Å². The van der Waals surface area contributed by atoms with Crippen LogP contribution in [0.5, 0.6) is 0 Å². The van der Waals surface area contributed by atoms with Crippen LogP contribution in [0.3, 0.4) is 0 Å². The molecule has 2 aromatic heterocycles. The summed E-state index contributed by atoms with van der Waals surface area (Å²) in [5, 5.41) is 11.5. The van der Waals surface area contributed by atoms with Gasteiger partial charge in [-0.1, -0.05) is 127 Å². The van der Waals surface area contributed by atoms with Crippen molar-refractivity contribution in [3.8, 4) is 34.2 Å². The molecule has 5 nitrogen and oxygen atoms in total. The van der Waals surface area contributed by atoms with Crippen molar-refractivity contribution in [2.24, 2.45) is 0 Å². The van der Waals surface area contributed by atoms with Crippen LogP contribution in [0.15, 0.2) is 156 Å². The van der Waals surface area contributed by atoms with E-state index in [9.17, 15) is 0 Å². The number of para-hydroxylation sites is 1. The van der Waals surface area contributed by atoms with Gasteiger partial charge in [-0.2, -0.15) is 0 Å². The number of anilines is 1. The predicted octanol–water partition coefficient (Wildman–Crippen LogP) is 10.9. The molecule has 3 heterocycles. The predicted molar refractivity (Wildman–Crippen MR) is 200 cm³/mol. The minimum absolute atomic E-state index is 0.637. The highest BCUT2D eigenvalue weighted by Crippen LogP contribution is 2.42. The molecule has 0 amide bonds. The molecule has 1 N–H and O–H groups in total. The lowest BCUT2D eigenvalue weighted by atomic mass is 9.90. The number of hydrogen-bond acceptors (Lipinski definition) is 5. The first-order valence-electron chi connectivity index (χ1n) is 16.5. The summed E-state index contributed by atoms with van der Waals surface area (Å²) in [4.78, 5) is 15.2. The van der Waals surface area contributed by atoms with Gasteiger partial charge in [0.05, 0.1) is 5.56 Å². The van der Waals surface area contributed by atoms with Crippen molar-refractivity contribution in [3.05, 3.63) is 163 Å². The molecule has 0 unspecified atom stereocenters. The minimum atomic E-state index is 0.637. The van der Waals surface area contributed by atoms with Crippen molar-refractivity contribution in [2.45, 2.75) is 0 Å². The normalized spacial score (nSPS) is 12.7. The number of aromatic nitrogens is 3. The third kappa shape index (κ3) is 4.67. The maximum Gasteiger partial charge on any atom is 0.202 e. The van der Waals surface area contributed by atoms with Crippen LogP contribution < -0.4 is 5.32 Å². The van der Waals surface area contributed by atoms with Gasteiger partial charge in [-0.3, -0.25) is 0 Å². The SMILES string of the molecule is C1=C(c2cccc3cc(-c4nc(-c5ccc6ccccc6c5)nc(-c5ccc6ccccc6c5)n4)ccc23)c2c(oc3ccccc23)NC1. The molecule has 0 aliphatic carbocycles. The molecular weight excluding hydrogens is 601 g/mol. The summed E-state index contributed by atoms with van der Waals surface area (Å²) in [6, 6.07) is 50.7. The van der Waals surface area contributed by atoms with Gasteiger partial charge in [0.1, 0.15) is 5.58 Å². The Balaban J connectivity index is 1.13. The average molecular weight is 629 g/mol. The first kappa shape index (κ1) is 27.5. The van der Waals surface area contributed by atoms with E-state index in [0.717, 1.165) is 60.7 Å². The van der Waals surface area contributed by atoms with E-state index in [-0.39, 0.29) is 0 Å². The summed E-state index contributed by atoms with van der Waals surface area (Å²) in [6.45, 7) is 0.705. The van der Waals surface area contributed by atoms with Crippen LogP contribution in [0.2, 0.25) is 0 Å². The summed E-state index contributed by atoms with van der Waals surface area (Å²) >= 11 is 0. The fourth-order valence-electron chi connectivity index (χ4n) is 7.11. The van der Waals surface area contributed by atoms with E-state index in [1.807, 2.05) is 12.1 Å². The van der Waals surface area contributed by atoms with Crippen molar-refractivity contribution in [1.29, 1.82) is 0 Å². The fourth-order valence-corrected chi connectivity index (χ4v) is 7.11. The van der Waals surface area contributed by atoms with Crippen molar-refractivity contribution in [1.82, 2.24) is 15.0 Å². The Morgan fingerprint density at radius 3 is 1.69 bits per heavy atom. The van der Waals surface area contributed by atoms with Crippen molar-refractivity contribution >= 4 is 54.7 Å². The molecule has 0 saturated heterocycles. The number of nitrogens with one attached hydrogen (secondary N) is 1. The minimum Gasteiger partial charge on any atom is -0.440 e. The van der Waals surface area contributed by atoms with Gasteiger partial charge in [-0.05, 0) is 67.7 Å². The molecule has 0 fully saturated rings. The first-order chi connectivity index (χ1) is 24.2. The highest BCUT2D eigenvalue weighted by molar-refractivity contribution is 6.07. The van der Waals surface area contributed by atoms with E-state index in [1.165, 1.54) is 21.9 Å². The summed E-state index contributed by atoms with van der Waals surface area (Å²) in [6.07, 6.45) is 2.25. The maximum absolute atomic E-state index is 6.20. The topological polar surface area (TPSA) is 63.8 Å². The van der Waals surface area contributed by atoms with E-state index < -0.39 is 0 Å². The summed E-state index contributed by atoms with van der Waals surface area (Å²) in [5.74, 6) is 2.75. The number of fused-ring (bicyclic) bond motifs is 6. The van der Waals surface area contributed by atoms with Gasteiger partial charge in [0.15, 0.2) is 17.5 Å². The lowest BCUT2D eigenvalue weighted by Gasteiger charge is -2.17. The molecule has 0 spiro atoms. The monoisotopic (exact) mass is 628 g/mol. The average Bonchev–Trinajstić information content (AvgIpc) is 3.56. The van der Waals surface area contributed by atoms with Crippen LogP contribution in [0.25, 0.3) is 83.0 Å². The second-order valence-corrected chi connectivity index (χ2v) is 12.5. The second-order valence-electron chi connectivity index (χ2n) is 12.5. The molecule has 7 aromatic carbocycles. The molecule has 5 heteroatoms.